The number of rotatable bonds is 5. The lowest BCUT2D eigenvalue weighted by Gasteiger charge is -2.39. The van der Waals surface area contributed by atoms with Crippen LogP contribution in [0.2, 0.25) is 0 Å². The molecule has 0 radical (unpaired) electrons. The Bertz CT molecular complexity index is 476. The molecule has 116 valence electrons. The van der Waals surface area contributed by atoms with Crippen LogP contribution in [0.15, 0.2) is 24.3 Å². The van der Waals surface area contributed by atoms with Gasteiger partial charge in [0, 0.05) is 19.1 Å². The highest BCUT2D eigenvalue weighted by molar-refractivity contribution is 5.96. The summed E-state index contributed by atoms with van der Waals surface area (Å²) in [7, 11) is 0. The second-order valence-electron chi connectivity index (χ2n) is 5.79. The van der Waals surface area contributed by atoms with Gasteiger partial charge in [-0.1, -0.05) is 32.4 Å². The molecule has 0 aromatic heterocycles. The minimum Gasteiger partial charge on any atom is -0.507 e. The quantitative estimate of drug-likeness (QED) is 0.876. The van der Waals surface area contributed by atoms with Crippen molar-refractivity contribution in [3.63, 3.8) is 0 Å². The smallest absolute Gasteiger partial charge is 0.257 e. The SMILES string of the molecule is CCCNC1CCN(C(=O)c2ccccc2O)CC1CC. The second-order valence-corrected chi connectivity index (χ2v) is 5.79. The number of para-hydroxylation sites is 1. The maximum absolute atomic E-state index is 12.5. The Morgan fingerprint density at radius 3 is 2.81 bits per heavy atom. The molecule has 0 spiro atoms. The lowest BCUT2D eigenvalue weighted by atomic mass is 9.89. The topological polar surface area (TPSA) is 52.6 Å². The number of aromatic hydroxyl groups is 1. The number of amides is 1. The molecule has 4 nitrogen and oxygen atoms in total. The van der Waals surface area contributed by atoms with Crippen molar-refractivity contribution in [2.45, 2.75) is 39.2 Å². The average Bonchev–Trinajstić information content (AvgIpc) is 2.52. The zero-order valence-corrected chi connectivity index (χ0v) is 13.0. The number of likely N-dealkylation sites (tertiary alicyclic amines) is 1. The van der Waals surface area contributed by atoms with E-state index < -0.39 is 0 Å². The molecule has 1 fully saturated rings. The van der Waals surface area contributed by atoms with Gasteiger partial charge in [-0.25, -0.2) is 0 Å². The van der Waals surface area contributed by atoms with E-state index in [1.807, 2.05) is 4.90 Å². The van der Waals surface area contributed by atoms with Crippen molar-refractivity contribution in [2.24, 2.45) is 5.92 Å². The van der Waals surface area contributed by atoms with Crippen molar-refractivity contribution in [1.82, 2.24) is 10.2 Å². The predicted molar refractivity (Wildman–Crippen MR) is 84.5 cm³/mol. The Morgan fingerprint density at radius 1 is 1.38 bits per heavy atom. The molecule has 1 aromatic rings. The summed E-state index contributed by atoms with van der Waals surface area (Å²) in [6.45, 7) is 6.91. The molecule has 1 amide bonds. The maximum Gasteiger partial charge on any atom is 0.257 e. The third-order valence-corrected chi connectivity index (χ3v) is 4.34. The Balaban J connectivity index is 2.03. The first-order chi connectivity index (χ1) is 10.2. The number of benzene rings is 1. The van der Waals surface area contributed by atoms with Gasteiger partial charge in [0.2, 0.25) is 0 Å². The van der Waals surface area contributed by atoms with Crippen molar-refractivity contribution in [3.05, 3.63) is 29.8 Å². The van der Waals surface area contributed by atoms with Gasteiger partial charge < -0.3 is 15.3 Å². The molecule has 2 unspecified atom stereocenters. The zero-order valence-electron chi connectivity index (χ0n) is 13.0. The summed E-state index contributed by atoms with van der Waals surface area (Å²) in [5, 5.41) is 13.4. The van der Waals surface area contributed by atoms with Crippen molar-refractivity contribution in [2.75, 3.05) is 19.6 Å². The van der Waals surface area contributed by atoms with Crippen LogP contribution in [0.3, 0.4) is 0 Å². The van der Waals surface area contributed by atoms with Crippen molar-refractivity contribution in [1.29, 1.82) is 0 Å². The summed E-state index contributed by atoms with van der Waals surface area (Å²) < 4.78 is 0. The van der Waals surface area contributed by atoms with Crippen LogP contribution in [0.1, 0.15) is 43.5 Å². The number of piperidine rings is 1. The number of carbonyl (C=O) groups is 1. The lowest BCUT2D eigenvalue weighted by molar-refractivity contribution is 0.0624. The molecule has 1 aliphatic rings. The third-order valence-electron chi connectivity index (χ3n) is 4.34. The van der Waals surface area contributed by atoms with E-state index in [1.54, 1.807) is 24.3 Å². The first-order valence-corrected chi connectivity index (χ1v) is 7.98. The number of phenolic OH excluding ortho intramolecular Hbond substituents is 1. The summed E-state index contributed by atoms with van der Waals surface area (Å²) in [5.74, 6) is 0.502. The third kappa shape index (κ3) is 3.76. The number of nitrogens with zero attached hydrogens (tertiary/aromatic N) is 1. The van der Waals surface area contributed by atoms with Crippen LogP contribution in [0, 0.1) is 5.92 Å². The van der Waals surface area contributed by atoms with E-state index >= 15 is 0 Å². The van der Waals surface area contributed by atoms with E-state index in [0.717, 1.165) is 38.9 Å². The molecule has 2 atom stereocenters. The fourth-order valence-corrected chi connectivity index (χ4v) is 3.05. The first-order valence-electron chi connectivity index (χ1n) is 7.98. The maximum atomic E-state index is 12.5. The van der Waals surface area contributed by atoms with Gasteiger partial charge in [-0.15, -0.1) is 0 Å². The van der Waals surface area contributed by atoms with E-state index in [-0.39, 0.29) is 11.7 Å². The molecule has 21 heavy (non-hydrogen) atoms. The largest absolute Gasteiger partial charge is 0.507 e. The van der Waals surface area contributed by atoms with Crippen molar-refractivity contribution < 1.29 is 9.90 Å². The number of hydrogen-bond donors (Lipinski definition) is 2. The summed E-state index contributed by atoms with van der Waals surface area (Å²) in [5.41, 5.74) is 0.410. The molecule has 0 bridgehead atoms. The molecule has 1 saturated heterocycles. The standard InChI is InChI=1S/C17H26N2O2/c1-3-10-18-15-9-11-19(12-13(15)4-2)17(21)14-7-5-6-8-16(14)20/h5-8,13,15,18,20H,3-4,9-12H2,1-2H3. The van der Waals surface area contributed by atoms with E-state index in [1.165, 1.54) is 0 Å². The monoisotopic (exact) mass is 290 g/mol. The molecule has 4 heteroatoms. The molecule has 1 aliphatic heterocycles. The number of hydrogen-bond acceptors (Lipinski definition) is 3. The molecule has 1 heterocycles. The van der Waals surface area contributed by atoms with Gasteiger partial charge in [-0.05, 0) is 37.4 Å². The molecule has 0 saturated carbocycles. The zero-order chi connectivity index (χ0) is 15.2. The van der Waals surface area contributed by atoms with E-state index in [4.69, 9.17) is 0 Å². The Morgan fingerprint density at radius 2 is 2.14 bits per heavy atom. The average molecular weight is 290 g/mol. The summed E-state index contributed by atoms with van der Waals surface area (Å²) >= 11 is 0. The number of nitrogens with one attached hydrogen (secondary N) is 1. The van der Waals surface area contributed by atoms with Crippen LogP contribution in [-0.4, -0.2) is 41.6 Å². The Hall–Kier alpha value is -1.55. The van der Waals surface area contributed by atoms with Crippen LogP contribution in [0.5, 0.6) is 5.75 Å². The van der Waals surface area contributed by atoms with E-state index in [2.05, 4.69) is 19.2 Å². The summed E-state index contributed by atoms with van der Waals surface area (Å²) in [4.78, 5) is 14.4. The van der Waals surface area contributed by atoms with Crippen molar-refractivity contribution >= 4 is 5.91 Å². The van der Waals surface area contributed by atoms with Gasteiger partial charge in [0.15, 0.2) is 0 Å². The predicted octanol–water partition coefficient (Wildman–Crippen LogP) is 2.63. The molecule has 2 N–H and O–H groups in total. The van der Waals surface area contributed by atoms with Crippen molar-refractivity contribution in [3.8, 4) is 5.75 Å². The minimum absolute atomic E-state index is 0.0551. The number of carbonyl (C=O) groups excluding carboxylic acids is 1. The summed E-state index contributed by atoms with van der Waals surface area (Å²) in [6.07, 6.45) is 3.18. The molecule has 1 aromatic carbocycles. The van der Waals surface area contributed by atoms with Crippen LogP contribution < -0.4 is 5.32 Å². The highest BCUT2D eigenvalue weighted by Crippen LogP contribution is 2.24. The van der Waals surface area contributed by atoms with Gasteiger partial charge in [0.1, 0.15) is 5.75 Å². The van der Waals surface area contributed by atoms with E-state index in [9.17, 15) is 9.90 Å². The van der Waals surface area contributed by atoms with Crippen LogP contribution in [0.25, 0.3) is 0 Å². The van der Waals surface area contributed by atoms with Gasteiger partial charge in [0.05, 0.1) is 5.56 Å². The first kappa shape index (κ1) is 15.8. The highest BCUT2D eigenvalue weighted by Gasteiger charge is 2.30. The fraction of sp³-hybridized carbons (Fsp3) is 0.588. The Labute approximate surface area is 127 Å². The fourth-order valence-electron chi connectivity index (χ4n) is 3.05. The molecule has 2 rings (SSSR count). The second kappa shape index (κ2) is 7.46. The minimum atomic E-state index is -0.0551. The van der Waals surface area contributed by atoms with Crippen LogP contribution >= 0.6 is 0 Å². The summed E-state index contributed by atoms with van der Waals surface area (Å²) in [6, 6.07) is 7.30. The highest BCUT2D eigenvalue weighted by atomic mass is 16.3. The Kier molecular flexibility index (Phi) is 5.62. The molecular weight excluding hydrogens is 264 g/mol. The molecular formula is C17H26N2O2. The normalized spacial score (nSPS) is 22.3. The van der Waals surface area contributed by atoms with Crippen LogP contribution in [-0.2, 0) is 0 Å². The van der Waals surface area contributed by atoms with E-state index in [0.29, 0.717) is 17.5 Å². The lowest BCUT2D eigenvalue weighted by Crippen LogP contribution is -2.51. The van der Waals surface area contributed by atoms with Gasteiger partial charge >= 0.3 is 0 Å². The van der Waals surface area contributed by atoms with Gasteiger partial charge in [-0.2, -0.15) is 0 Å². The van der Waals surface area contributed by atoms with Gasteiger partial charge in [-0.3, -0.25) is 4.79 Å². The number of phenols is 1. The van der Waals surface area contributed by atoms with Crippen LogP contribution in [0.4, 0.5) is 0 Å². The molecule has 0 aliphatic carbocycles. The van der Waals surface area contributed by atoms with Gasteiger partial charge in [0.25, 0.3) is 5.91 Å².